The Kier molecular flexibility index (Phi) is 3.97. The smallest absolute Gasteiger partial charge is 0.309 e. The predicted octanol–water partition coefficient (Wildman–Crippen LogP) is 3.36. The number of ether oxygens (including phenoxy) is 1. The molecule has 1 heterocycles. The van der Waals surface area contributed by atoms with E-state index in [1.54, 1.807) is 0 Å². The molecule has 0 unspecified atom stereocenters. The molecule has 0 spiro atoms. The van der Waals surface area contributed by atoms with Gasteiger partial charge in [-0.25, -0.2) is 0 Å². The molecule has 2 nitrogen and oxygen atoms in total. The lowest BCUT2D eigenvalue weighted by Crippen LogP contribution is -2.11. The first-order valence-electron chi connectivity index (χ1n) is 6.23. The number of rotatable bonds is 4. The summed E-state index contributed by atoms with van der Waals surface area (Å²) in [6.45, 7) is 2.61. The Morgan fingerprint density at radius 2 is 2.00 bits per heavy atom. The summed E-state index contributed by atoms with van der Waals surface area (Å²) in [7, 11) is 0. The van der Waals surface area contributed by atoms with Crippen LogP contribution < -0.4 is 0 Å². The molecule has 0 saturated heterocycles. The third-order valence-corrected chi connectivity index (χ3v) is 3.05. The van der Waals surface area contributed by atoms with Gasteiger partial charge in [0.05, 0.1) is 6.42 Å². The molecule has 90 valence electrons. The number of unbranched alkanes of at least 4 members (excludes halogenated alkanes) is 1. The highest BCUT2D eigenvalue weighted by atomic mass is 16.5. The van der Waals surface area contributed by atoms with Crippen molar-refractivity contribution in [3.05, 3.63) is 41.5 Å². The van der Waals surface area contributed by atoms with Gasteiger partial charge in [-0.3, -0.25) is 4.79 Å². The van der Waals surface area contributed by atoms with Crippen molar-refractivity contribution in [2.45, 2.75) is 32.6 Å². The van der Waals surface area contributed by atoms with E-state index in [4.69, 9.17) is 4.74 Å². The van der Waals surface area contributed by atoms with Gasteiger partial charge in [-0.15, -0.1) is 0 Å². The summed E-state index contributed by atoms with van der Waals surface area (Å²) in [5, 5.41) is 0. The molecule has 0 bridgehead atoms. The average molecular weight is 230 g/mol. The molecule has 0 N–H and O–H groups in total. The highest BCUT2D eigenvalue weighted by Crippen LogP contribution is 2.20. The van der Waals surface area contributed by atoms with E-state index in [2.05, 4.69) is 31.2 Å². The number of cyclic esters (lactones) is 1. The Morgan fingerprint density at radius 3 is 2.59 bits per heavy atom. The van der Waals surface area contributed by atoms with E-state index in [0.29, 0.717) is 13.0 Å². The van der Waals surface area contributed by atoms with Crippen LogP contribution in [0.1, 0.15) is 37.3 Å². The van der Waals surface area contributed by atoms with E-state index in [1.165, 1.54) is 18.4 Å². The standard InChI is InChI=1S/C15H18O2/c1-2-3-4-12-5-7-13(8-6-12)14-9-10-15(16)17-11-14/h5-9H,2-4,10-11H2,1H3. The Balaban J connectivity index is 2.05. The third kappa shape index (κ3) is 3.19. The van der Waals surface area contributed by atoms with Crippen LogP contribution in [-0.2, 0) is 16.0 Å². The zero-order valence-corrected chi connectivity index (χ0v) is 10.2. The molecule has 1 aromatic carbocycles. The summed E-state index contributed by atoms with van der Waals surface area (Å²) in [6, 6.07) is 8.58. The second-order valence-corrected chi connectivity index (χ2v) is 4.39. The van der Waals surface area contributed by atoms with E-state index >= 15 is 0 Å². The number of hydrogen-bond donors (Lipinski definition) is 0. The van der Waals surface area contributed by atoms with Crippen molar-refractivity contribution in [2.75, 3.05) is 6.61 Å². The molecule has 0 saturated carbocycles. The van der Waals surface area contributed by atoms with Crippen LogP contribution in [0.15, 0.2) is 30.3 Å². The van der Waals surface area contributed by atoms with E-state index in [1.807, 2.05) is 6.08 Å². The zero-order valence-electron chi connectivity index (χ0n) is 10.2. The maximum absolute atomic E-state index is 10.9. The Morgan fingerprint density at radius 1 is 1.24 bits per heavy atom. The van der Waals surface area contributed by atoms with Crippen molar-refractivity contribution in [2.24, 2.45) is 0 Å². The van der Waals surface area contributed by atoms with Crippen molar-refractivity contribution in [3.63, 3.8) is 0 Å². The van der Waals surface area contributed by atoms with Gasteiger partial charge in [0.1, 0.15) is 6.61 Å². The van der Waals surface area contributed by atoms with Gasteiger partial charge in [-0.2, -0.15) is 0 Å². The van der Waals surface area contributed by atoms with Crippen LogP contribution in [0.2, 0.25) is 0 Å². The molecule has 1 aliphatic heterocycles. The summed E-state index contributed by atoms with van der Waals surface area (Å²) < 4.78 is 5.03. The van der Waals surface area contributed by atoms with Crippen molar-refractivity contribution in [3.8, 4) is 0 Å². The predicted molar refractivity (Wildman–Crippen MR) is 68.6 cm³/mol. The first-order chi connectivity index (χ1) is 8.29. The van der Waals surface area contributed by atoms with Crippen molar-refractivity contribution in [1.29, 1.82) is 0 Å². The summed E-state index contributed by atoms with van der Waals surface area (Å²) in [5.74, 6) is -0.131. The summed E-state index contributed by atoms with van der Waals surface area (Å²) in [6.07, 6.45) is 5.97. The molecule has 0 aliphatic carbocycles. The van der Waals surface area contributed by atoms with Gasteiger partial charge in [0, 0.05) is 0 Å². The molecule has 1 aromatic rings. The lowest BCUT2D eigenvalue weighted by atomic mass is 10.0. The second kappa shape index (κ2) is 5.67. The molecule has 0 radical (unpaired) electrons. The maximum Gasteiger partial charge on any atom is 0.309 e. The molecule has 2 heteroatoms. The Bertz CT molecular complexity index is 415. The van der Waals surface area contributed by atoms with Crippen LogP contribution in [0, 0.1) is 0 Å². The lowest BCUT2D eigenvalue weighted by molar-refractivity contribution is -0.141. The third-order valence-electron chi connectivity index (χ3n) is 3.05. The SMILES string of the molecule is CCCCc1ccc(C2=CCC(=O)OC2)cc1. The number of esters is 1. The van der Waals surface area contributed by atoms with E-state index in [0.717, 1.165) is 17.6 Å². The fourth-order valence-electron chi connectivity index (χ4n) is 1.95. The van der Waals surface area contributed by atoms with Crippen LogP contribution in [0.4, 0.5) is 0 Å². The zero-order chi connectivity index (χ0) is 12.1. The first kappa shape index (κ1) is 11.9. The molecular weight excluding hydrogens is 212 g/mol. The summed E-state index contributed by atoms with van der Waals surface area (Å²) in [5.41, 5.74) is 3.66. The fraction of sp³-hybridized carbons (Fsp3) is 0.400. The molecule has 0 aromatic heterocycles. The number of carbonyl (C=O) groups excluding carboxylic acids is 1. The largest absolute Gasteiger partial charge is 0.461 e. The van der Waals surface area contributed by atoms with Crippen LogP contribution in [-0.4, -0.2) is 12.6 Å². The molecule has 17 heavy (non-hydrogen) atoms. The minimum atomic E-state index is -0.131. The normalized spacial score (nSPS) is 15.4. The summed E-state index contributed by atoms with van der Waals surface area (Å²) in [4.78, 5) is 10.9. The molecule has 0 amide bonds. The minimum Gasteiger partial charge on any atom is -0.461 e. The fourth-order valence-corrected chi connectivity index (χ4v) is 1.95. The molecule has 0 atom stereocenters. The van der Waals surface area contributed by atoms with Gasteiger partial charge in [0.2, 0.25) is 0 Å². The minimum absolute atomic E-state index is 0.131. The summed E-state index contributed by atoms with van der Waals surface area (Å²) >= 11 is 0. The van der Waals surface area contributed by atoms with Crippen molar-refractivity contribution in [1.82, 2.24) is 0 Å². The van der Waals surface area contributed by atoms with Gasteiger partial charge in [0.15, 0.2) is 0 Å². The van der Waals surface area contributed by atoms with E-state index in [-0.39, 0.29) is 5.97 Å². The quantitative estimate of drug-likeness (QED) is 0.741. The van der Waals surface area contributed by atoms with Gasteiger partial charge >= 0.3 is 5.97 Å². The highest BCUT2D eigenvalue weighted by Gasteiger charge is 2.12. The van der Waals surface area contributed by atoms with Gasteiger partial charge in [-0.05, 0) is 29.5 Å². The van der Waals surface area contributed by atoms with Crippen molar-refractivity contribution >= 4 is 11.5 Å². The number of benzene rings is 1. The van der Waals surface area contributed by atoms with Crippen LogP contribution in [0.5, 0.6) is 0 Å². The Hall–Kier alpha value is -1.57. The van der Waals surface area contributed by atoms with Crippen LogP contribution in [0.3, 0.4) is 0 Å². The number of aryl methyl sites for hydroxylation is 1. The van der Waals surface area contributed by atoms with E-state index in [9.17, 15) is 4.79 Å². The highest BCUT2D eigenvalue weighted by molar-refractivity contribution is 5.80. The van der Waals surface area contributed by atoms with Crippen LogP contribution >= 0.6 is 0 Å². The second-order valence-electron chi connectivity index (χ2n) is 4.39. The van der Waals surface area contributed by atoms with Crippen molar-refractivity contribution < 1.29 is 9.53 Å². The van der Waals surface area contributed by atoms with Crippen LogP contribution in [0.25, 0.3) is 5.57 Å². The maximum atomic E-state index is 10.9. The monoisotopic (exact) mass is 230 g/mol. The average Bonchev–Trinajstić information content (AvgIpc) is 2.38. The van der Waals surface area contributed by atoms with E-state index < -0.39 is 0 Å². The van der Waals surface area contributed by atoms with Gasteiger partial charge < -0.3 is 4.74 Å². The topological polar surface area (TPSA) is 26.3 Å². The van der Waals surface area contributed by atoms with Gasteiger partial charge in [-0.1, -0.05) is 43.7 Å². The first-order valence-corrected chi connectivity index (χ1v) is 6.23. The molecular formula is C15H18O2. The molecule has 1 aliphatic rings. The number of hydrogen-bond acceptors (Lipinski definition) is 2. The van der Waals surface area contributed by atoms with Gasteiger partial charge in [0.25, 0.3) is 0 Å². The molecule has 2 rings (SSSR count). The Labute approximate surface area is 102 Å². The molecule has 0 fully saturated rings. The lowest BCUT2D eigenvalue weighted by Gasteiger charge is -2.14. The number of carbonyl (C=O) groups is 1.